The molecule has 3 rings (SSSR count). The maximum atomic E-state index is 12.5. The molecule has 1 aromatic heterocycles. The van der Waals surface area contributed by atoms with Crippen molar-refractivity contribution in [2.24, 2.45) is 0 Å². The summed E-state index contributed by atoms with van der Waals surface area (Å²) in [4.78, 5) is 32.6. The van der Waals surface area contributed by atoms with Gasteiger partial charge in [-0.15, -0.1) is 0 Å². The fraction of sp³-hybridized carbons (Fsp3) is 0.278. The molecule has 1 fully saturated rings. The predicted octanol–water partition coefficient (Wildman–Crippen LogP) is 1.72. The van der Waals surface area contributed by atoms with E-state index in [-0.39, 0.29) is 11.8 Å². The van der Waals surface area contributed by atoms with Crippen molar-refractivity contribution >= 4 is 17.5 Å². The van der Waals surface area contributed by atoms with Gasteiger partial charge in [0, 0.05) is 43.6 Å². The van der Waals surface area contributed by atoms with Crippen LogP contribution in [0.15, 0.2) is 48.7 Å². The van der Waals surface area contributed by atoms with Gasteiger partial charge in [0.25, 0.3) is 11.8 Å². The molecule has 1 aliphatic rings. The summed E-state index contributed by atoms with van der Waals surface area (Å²) in [5.74, 6) is -0.237. The van der Waals surface area contributed by atoms with Crippen molar-refractivity contribution in [2.75, 3.05) is 38.5 Å². The van der Waals surface area contributed by atoms with Gasteiger partial charge in [-0.25, -0.2) is 0 Å². The largest absolute Gasteiger partial charge is 0.336 e. The Hall–Kier alpha value is -2.73. The van der Waals surface area contributed by atoms with E-state index in [0.29, 0.717) is 16.9 Å². The summed E-state index contributed by atoms with van der Waals surface area (Å²) in [7, 11) is 2.06. The topological polar surface area (TPSA) is 65.5 Å². The molecule has 1 aliphatic heterocycles. The minimum atomic E-state index is -0.270. The zero-order valence-corrected chi connectivity index (χ0v) is 13.6. The van der Waals surface area contributed by atoms with E-state index in [1.165, 1.54) is 0 Å². The molecular weight excluding hydrogens is 304 g/mol. The summed E-state index contributed by atoms with van der Waals surface area (Å²) in [6.45, 7) is 3.27. The normalized spacial score (nSPS) is 15.1. The molecule has 124 valence electrons. The number of piperazine rings is 1. The van der Waals surface area contributed by atoms with Crippen molar-refractivity contribution in [3.05, 3.63) is 59.9 Å². The van der Waals surface area contributed by atoms with Gasteiger partial charge in [-0.3, -0.25) is 14.6 Å². The maximum Gasteiger partial charge on any atom is 0.274 e. The lowest BCUT2D eigenvalue weighted by Gasteiger charge is -2.32. The van der Waals surface area contributed by atoms with E-state index >= 15 is 0 Å². The van der Waals surface area contributed by atoms with Crippen LogP contribution in [0, 0.1) is 0 Å². The first-order chi connectivity index (χ1) is 11.6. The fourth-order valence-corrected chi connectivity index (χ4v) is 2.58. The van der Waals surface area contributed by atoms with E-state index in [0.717, 1.165) is 26.2 Å². The molecule has 6 heteroatoms. The number of carbonyl (C=O) groups excluding carboxylic acids is 2. The first-order valence-electron chi connectivity index (χ1n) is 7.94. The molecule has 1 aromatic carbocycles. The number of anilines is 1. The molecule has 1 N–H and O–H groups in total. The Morgan fingerprint density at radius 1 is 1.00 bits per heavy atom. The molecule has 2 amide bonds. The number of hydrogen-bond acceptors (Lipinski definition) is 4. The zero-order valence-electron chi connectivity index (χ0n) is 13.6. The van der Waals surface area contributed by atoms with Crippen LogP contribution in [0.5, 0.6) is 0 Å². The highest BCUT2D eigenvalue weighted by molar-refractivity contribution is 6.03. The Morgan fingerprint density at radius 2 is 1.71 bits per heavy atom. The zero-order chi connectivity index (χ0) is 16.9. The number of pyridine rings is 1. The van der Waals surface area contributed by atoms with Crippen LogP contribution < -0.4 is 5.32 Å². The van der Waals surface area contributed by atoms with Gasteiger partial charge in [0.1, 0.15) is 5.69 Å². The SMILES string of the molecule is CN1CCN(C(=O)c2ccc(NC(=O)c3ccccn3)cc2)CC1. The molecule has 0 saturated carbocycles. The second-order valence-electron chi connectivity index (χ2n) is 5.84. The van der Waals surface area contributed by atoms with Crippen molar-refractivity contribution in [2.45, 2.75) is 0 Å². The van der Waals surface area contributed by atoms with Crippen molar-refractivity contribution in [1.82, 2.24) is 14.8 Å². The molecule has 0 spiro atoms. The monoisotopic (exact) mass is 324 g/mol. The number of likely N-dealkylation sites (N-methyl/N-ethyl adjacent to an activating group) is 1. The third-order valence-corrected chi connectivity index (χ3v) is 4.08. The fourth-order valence-electron chi connectivity index (χ4n) is 2.58. The summed E-state index contributed by atoms with van der Waals surface area (Å²) < 4.78 is 0. The van der Waals surface area contributed by atoms with Crippen LogP contribution in [0.1, 0.15) is 20.8 Å². The van der Waals surface area contributed by atoms with E-state index in [9.17, 15) is 9.59 Å². The lowest BCUT2D eigenvalue weighted by Crippen LogP contribution is -2.47. The molecule has 0 atom stereocenters. The maximum absolute atomic E-state index is 12.5. The molecule has 6 nitrogen and oxygen atoms in total. The smallest absolute Gasteiger partial charge is 0.274 e. The lowest BCUT2D eigenvalue weighted by molar-refractivity contribution is 0.0664. The van der Waals surface area contributed by atoms with Crippen molar-refractivity contribution in [3.63, 3.8) is 0 Å². The van der Waals surface area contributed by atoms with Gasteiger partial charge < -0.3 is 15.1 Å². The molecule has 0 bridgehead atoms. The third-order valence-electron chi connectivity index (χ3n) is 4.08. The van der Waals surface area contributed by atoms with Crippen LogP contribution in [-0.2, 0) is 0 Å². The molecule has 2 aromatic rings. The van der Waals surface area contributed by atoms with E-state index in [2.05, 4.69) is 22.2 Å². The highest BCUT2D eigenvalue weighted by atomic mass is 16.2. The average molecular weight is 324 g/mol. The summed E-state index contributed by atoms with van der Waals surface area (Å²) in [6.07, 6.45) is 1.58. The number of nitrogens with one attached hydrogen (secondary N) is 1. The highest BCUT2D eigenvalue weighted by Gasteiger charge is 2.20. The van der Waals surface area contributed by atoms with Crippen LogP contribution in [0.3, 0.4) is 0 Å². The number of rotatable bonds is 3. The van der Waals surface area contributed by atoms with E-state index in [4.69, 9.17) is 0 Å². The first kappa shape index (κ1) is 16.1. The van der Waals surface area contributed by atoms with Gasteiger partial charge in [-0.05, 0) is 43.4 Å². The van der Waals surface area contributed by atoms with Crippen LogP contribution in [-0.4, -0.2) is 59.8 Å². The molecule has 24 heavy (non-hydrogen) atoms. The van der Waals surface area contributed by atoms with Crippen molar-refractivity contribution < 1.29 is 9.59 Å². The van der Waals surface area contributed by atoms with Crippen LogP contribution in [0.4, 0.5) is 5.69 Å². The number of carbonyl (C=O) groups is 2. The molecular formula is C18H20N4O2. The summed E-state index contributed by atoms with van der Waals surface area (Å²) in [6, 6.07) is 12.1. The summed E-state index contributed by atoms with van der Waals surface area (Å²) >= 11 is 0. The Labute approximate surface area is 141 Å². The Balaban J connectivity index is 1.63. The number of amides is 2. The molecule has 0 unspecified atom stereocenters. The summed E-state index contributed by atoms with van der Waals surface area (Å²) in [5.41, 5.74) is 1.63. The minimum absolute atomic E-state index is 0.0331. The number of hydrogen-bond donors (Lipinski definition) is 1. The summed E-state index contributed by atoms with van der Waals surface area (Å²) in [5, 5.41) is 2.78. The molecule has 1 saturated heterocycles. The van der Waals surface area contributed by atoms with Gasteiger partial charge in [-0.1, -0.05) is 6.07 Å². The Kier molecular flexibility index (Phi) is 4.86. The van der Waals surface area contributed by atoms with E-state index < -0.39 is 0 Å². The third kappa shape index (κ3) is 3.78. The standard InChI is InChI=1S/C18H20N4O2/c1-21-10-12-22(13-11-21)18(24)14-5-7-15(8-6-14)20-17(23)16-4-2-3-9-19-16/h2-9H,10-13H2,1H3,(H,20,23). The van der Waals surface area contributed by atoms with Crippen LogP contribution in [0.2, 0.25) is 0 Å². The lowest BCUT2D eigenvalue weighted by atomic mass is 10.1. The van der Waals surface area contributed by atoms with Crippen LogP contribution in [0.25, 0.3) is 0 Å². The van der Waals surface area contributed by atoms with Gasteiger partial charge >= 0.3 is 0 Å². The molecule has 2 heterocycles. The van der Waals surface area contributed by atoms with Gasteiger partial charge in [0.05, 0.1) is 0 Å². The van der Waals surface area contributed by atoms with Gasteiger partial charge in [0.15, 0.2) is 0 Å². The second-order valence-corrected chi connectivity index (χ2v) is 5.84. The van der Waals surface area contributed by atoms with Gasteiger partial charge in [-0.2, -0.15) is 0 Å². The van der Waals surface area contributed by atoms with Gasteiger partial charge in [0.2, 0.25) is 0 Å². The Bertz CT molecular complexity index is 708. The molecule has 0 radical (unpaired) electrons. The second kappa shape index (κ2) is 7.23. The molecule has 0 aliphatic carbocycles. The van der Waals surface area contributed by atoms with Crippen LogP contribution >= 0.6 is 0 Å². The number of benzene rings is 1. The van der Waals surface area contributed by atoms with E-state index in [1.807, 2.05) is 4.90 Å². The van der Waals surface area contributed by atoms with Crippen molar-refractivity contribution in [3.8, 4) is 0 Å². The Morgan fingerprint density at radius 3 is 2.33 bits per heavy atom. The average Bonchev–Trinajstić information content (AvgIpc) is 2.63. The quantitative estimate of drug-likeness (QED) is 0.934. The minimum Gasteiger partial charge on any atom is -0.336 e. The van der Waals surface area contributed by atoms with E-state index in [1.54, 1.807) is 48.7 Å². The predicted molar refractivity (Wildman–Crippen MR) is 92.0 cm³/mol. The number of aromatic nitrogens is 1. The first-order valence-corrected chi connectivity index (χ1v) is 7.94. The highest BCUT2D eigenvalue weighted by Crippen LogP contribution is 2.13. The number of nitrogens with zero attached hydrogens (tertiary/aromatic N) is 3. The van der Waals surface area contributed by atoms with Crippen molar-refractivity contribution in [1.29, 1.82) is 0 Å².